The van der Waals surface area contributed by atoms with Crippen LogP contribution < -0.4 is 0 Å². The molecule has 1 rings (SSSR count). The van der Waals surface area contributed by atoms with Crippen LogP contribution in [0.2, 0.25) is 0 Å². The Bertz CT molecular complexity index is 207. The molecule has 0 aliphatic rings. The van der Waals surface area contributed by atoms with Gasteiger partial charge in [0.15, 0.2) is 0 Å². The van der Waals surface area contributed by atoms with Gasteiger partial charge in [0.2, 0.25) is 5.89 Å². The number of rotatable bonds is 2. The van der Waals surface area contributed by atoms with E-state index in [1.54, 1.807) is 6.26 Å². The van der Waals surface area contributed by atoms with Crippen LogP contribution >= 0.6 is 11.6 Å². The summed E-state index contributed by atoms with van der Waals surface area (Å²) in [5.74, 6) is 1.01. The number of hydrogen-bond acceptors (Lipinski definition) is 2. The maximum absolute atomic E-state index is 5.76. The van der Waals surface area contributed by atoms with Crippen molar-refractivity contribution in [1.82, 2.24) is 4.98 Å². The fraction of sp³-hybridized carbons (Fsp3) is 0.625. The SMILES string of the molecule is CC(C)c1coc([C@H](C)Cl)n1. The minimum atomic E-state index is -0.137. The first kappa shape index (κ1) is 8.60. The van der Waals surface area contributed by atoms with Crippen LogP contribution in [0.3, 0.4) is 0 Å². The Hall–Kier alpha value is -0.500. The van der Waals surface area contributed by atoms with Crippen molar-refractivity contribution in [1.29, 1.82) is 0 Å². The molecule has 0 fully saturated rings. The summed E-state index contributed by atoms with van der Waals surface area (Å²) in [5.41, 5.74) is 0.965. The van der Waals surface area contributed by atoms with Gasteiger partial charge in [-0.2, -0.15) is 0 Å². The van der Waals surface area contributed by atoms with Crippen LogP contribution in [0.15, 0.2) is 10.7 Å². The zero-order valence-corrected chi connectivity index (χ0v) is 7.72. The maximum Gasteiger partial charge on any atom is 0.211 e. The van der Waals surface area contributed by atoms with E-state index in [9.17, 15) is 0 Å². The minimum Gasteiger partial charge on any atom is -0.447 e. The van der Waals surface area contributed by atoms with Gasteiger partial charge in [0.25, 0.3) is 0 Å². The monoisotopic (exact) mass is 173 g/mol. The normalized spacial score (nSPS) is 13.9. The highest BCUT2D eigenvalue weighted by Crippen LogP contribution is 2.21. The standard InChI is InChI=1S/C8H12ClNO/c1-5(2)7-4-11-8(10-7)6(3)9/h4-6H,1-3H3/t6-/m0/s1. The highest BCUT2D eigenvalue weighted by Gasteiger charge is 2.10. The van der Waals surface area contributed by atoms with Gasteiger partial charge >= 0.3 is 0 Å². The van der Waals surface area contributed by atoms with Crippen molar-refractivity contribution in [3.05, 3.63) is 17.8 Å². The summed E-state index contributed by atoms with van der Waals surface area (Å²) < 4.78 is 5.14. The molecule has 0 bridgehead atoms. The van der Waals surface area contributed by atoms with E-state index in [-0.39, 0.29) is 5.38 Å². The summed E-state index contributed by atoms with van der Waals surface area (Å²) in [4.78, 5) is 4.21. The molecule has 1 aromatic heterocycles. The van der Waals surface area contributed by atoms with Crippen molar-refractivity contribution in [3.8, 4) is 0 Å². The van der Waals surface area contributed by atoms with Gasteiger partial charge < -0.3 is 4.42 Å². The second-order valence-electron chi connectivity index (χ2n) is 2.88. The Balaban J connectivity index is 2.82. The summed E-state index contributed by atoms with van der Waals surface area (Å²) in [6.45, 7) is 5.98. The first-order valence-electron chi connectivity index (χ1n) is 3.70. The van der Waals surface area contributed by atoms with Gasteiger partial charge in [-0.05, 0) is 12.8 Å². The molecule has 0 spiro atoms. The van der Waals surface area contributed by atoms with Crippen molar-refractivity contribution in [2.24, 2.45) is 0 Å². The second-order valence-corrected chi connectivity index (χ2v) is 3.54. The highest BCUT2D eigenvalue weighted by atomic mass is 35.5. The van der Waals surface area contributed by atoms with Gasteiger partial charge in [-0.25, -0.2) is 4.98 Å². The summed E-state index contributed by atoms with van der Waals surface area (Å²) in [6, 6.07) is 0. The summed E-state index contributed by atoms with van der Waals surface area (Å²) >= 11 is 5.76. The Morgan fingerprint density at radius 2 is 2.09 bits per heavy atom. The van der Waals surface area contributed by atoms with Crippen LogP contribution in [0.5, 0.6) is 0 Å². The molecule has 0 saturated carbocycles. The van der Waals surface area contributed by atoms with Crippen molar-refractivity contribution in [2.75, 3.05) is 0 Å². The molecule has 1 aromatic rings. The summed E-state index contributed by atoms with van der Waals surface area (Å²) in [5, 5.41) is -0.137. The molecule has 0 aliphatic carbocycles. The van der Waals surface area contributed by atoms with Gasteiger partial charge in [-0.3, -0.25) is 0 Å². The second kappa shape index (κ2) is 3.26. The zero-order valence-electron chi connectivity index (χ0n) is 6.97. The molecule has 1 heterocycles. The van der Waals surface area contributed by atoms with Gasteiger partial charge in [-0.15, -0.1) is 11.6 Å². The van der Waals surface area contributed by atoms with Gasteiger partial charge in [-0.1, -0.05) is 13.8 Å². The lowest BCUT2D eigenvalue weighted by molar-refractivity contribution is 0.495. The zero-order chi connectivity index (χ0) is 8.43. The largest absolute Gasteiger partial charge is 0.447 e. The first-order valence-corrected chi connectivity index (χ1v) is 4.14. The number of halogens is 1. The number of aromatic nitrogens is 1. The van der Waals surface area contributed by atoms with E-state index in [0.29, 0.717) is 11.8 Å². The molecule has 0 aliphatic heterocycles. The smallest absolute Gasteiger partial charge is 0.211 e. The molecule has 0 amide bonds. The molecule has 0 unspecified atom stereocenters. The van der Waals surface area contributed by atoms with Crippen LogP contribution in [0.4, 0.5) is 0 Å². The summed E-state index contributed by atoms with van der Waals surface area (Å²) in [7, 11) is 0. The first-order chi connectivity index (χ1) is 5.11. The van der Waals surface area contributed by atoms with E-state index in [4.69, 9.17) is 16.0 Å². The van der Waals surface area contributed by atoms with Crippen LogP contribution in [-0.2, 0) is 0 Å². The van der Waals surface area contributed by atoms with Crippen molar-refractivity contribution >= 4 is 11.6 Å². The fourth-order valence-corrected chi connectivity index (χ4v) is 0.849. The van der Waals surface area contributed by atoms with E-state index >= 15 is 0 Å². The molecule has 11 heavy (non-hydrogen) atoms. The van der Waals surface area contributed by atoms with Crippen LogP contribution in [0.25, 0.3) is 0 Å². The molecule has 2 nitrogen and oxygen atoms in total. The predicted molar refractivity (Wildman–Crippen MR) is 44.9 cm³/mol. The Labute approximate surface area is 71.6 Å². The Morgan fingerprint density at radius 1 is 1.45 bits per heavy atom. The van der Waals surface area contributed by atoms with Crippen molar-refractivity contribution < 1.29 is 4.42 Å². The molecule has 0 saturated heterocycles. The number of alkyl halides is 1. The van der Waals surface area contributed by atoms with Gasteiger partial charge in [0.1, 0.15) is 11.6 Å². The highest BCUT2D eigenvalue weighted by molar-refractivity contribution is 6.20. The minimum absolute atomic E-state index is 0.137. The average molecular weight is 174 g/mol. The lowest BCUT2D eigenvalue weighted by Crippen LogP contribution is -1.89. The molecular weight excluding hydrogens is 162 g/mol. The Kier molecular flexibility index (Phi) is 2.55. The third-order valence-electron chi connectivity index (χ3n) is 1.47. The number of nitrogens with zero attached hydrogens (tertiary/aromatic N) is 1. The van der Waals surface area contributed by atoms with E-state index in [1.807, 2.05) is 6.92 Å². The fourth-order valence-electron chi connectivity index (χ4n) is 0.749. The maximum atomic E-state index is 5.76. The van der Waals surface area contributed by atoms with E-state index in [0.717, 1.165) is 5.69 Å². The quantitative estimate of drug-likeness (QED) is 0.643. The van der Waals surface area contributed by atoms with E-state index in [2.05, 4.69) is 18.8 Å². The van der Waals surface area contributed by atoms with E-state index < -0.39 is 0 Å². The molecular formula is C8H12ClNO. The van der Waals surface area contributed by atoms with Gasteiger partial charge in [0.05, 0.1) is 5.69 Å². The molecule has 0 radical (unpaired) electrons. The molecule has 3 heteroatoms. The molecule has 0 aromatic carbocycles. The van der Waals surface area contributed by atoms with Crippen molar-refractivity contribution in [2.45, 2.75) is 32.1 Å². The predicted octanol–water partition coefficient (Wildman–Crippen LogP) is 3.10. The van der Waals surface area contributed by atoms with E-state index in [1.165, 1.54) is 0 Å². The molecule has 0 N–H and O–H groups in total. The van der Waals surface area contributed by atoms with Crippen LogP contribution in [-0.4, -0.2) is 4.98 Å². The Morgan fingerprint density at radius 3 is 2.36 bits per heavy atom. The lowest BCUT2D eigenvalue weighted by Gasteiger charge is -1.95. The third kappa shape index (κ3) is 1.96. The molecule has 1 atom stereocenters. The lowest BCUT2D eigenvalue weighted by atomic mass is 10.2. The third-order valence-corrected chi connectivity index (χ3v) is 1.66. The van der Waals surface area contributed by atoms with Crippen molar-refractivity contribution in [3.63, 3.8) is 0 Å². The average Bonchev–Trinajstić information content (AvgIpc) is 2.33. The summed E-state index contributed by atoms with van der Waals surface area (Å²) in [6.07, 6.45) is 1.67. The molecule has 62 valence electrons. The van der Waals surface area contributed by atoms with Gasteiger partial charge in [0, 0.05) is 0 Å². The number of oxazole rings is 1. The van der Waals surface area contributed by atoms with Crippen LogP contribution in [0.1, 0.15) is 43.7 Å². The number of hydrogen-bond donors (Lipinski definition) is 0. The van der Waals surface area contributed by atoms with Crippen LogP contribution in [0, 0.1) is 0 Å². The topological polar surface area (TPSA) is 26.0 Å².